The zero-order valence-corrected chi connectivity index (χ0v) is 20.3. The second-order valence-electron chi connectivity index (χ2n) is 11.1. The number of carbonyl (C=O) groups is 1. The van der Waals surface area contributed by atoms with Crippen LogP contribution in [0.5, 0.6) is 11.5 Å². The lowest BCUT2D eigenvalue weighted by Crippen LogP contribution is -2.51. The summed E-state index contributed by atoms with van der Waals surface area (Å²) < 4.78 is 11.3. The molecule has 2 saturated carbocycles. The monoisotopic (exact) mass is 458 g/mol. The number of carbonyl (C=O) groups excluding carboxylic acids is 1. The van der Waals surface area contributed by atoms with Gasteiger partial charge in [0.15, 0.2) is 17.3 Å². The van der Waals surface area contributed by atoms with Gasteiger partial charge in [-0.3, -0.25) is 4.79 Å². The Kier molecular flexibility index (Phi) is 5.19. The molecule has 5 atom stereocenters. The van der Waals surface area contributed by atoms with E-state index < -0.39 is 5.60 Å². The molecule has 1 aromatic carbocycles. The van der Waals surface area contributed by atoms with E-state index in [0.717, 1.165) is 62.9 Å². The Morgan fingerprint density at radius 1 is 1.15 bits per heavy atom. The van der Waals surface area contributed by atoms with Crippen molar-refractivity contribution in [2.24, 2.45) is 17.3 Å². The van der Waals surface area contributed by atoms with E-state index >= 15 is 0 Å². The van der Waals surface area contributed by atoms with Gasteiger partial charge in [0.2, 0.25) is 6.79 Å². The third-order valence-electron chi connectivity index (χ3n) is 9.36. The zero-order chi connectivity index (χ0) is 23.5. The van der Waals surface area contributed by atoms with Gasteiger partial charge in [-0.25, -0.2) is 0 Å². The quantitative estimate of drug-likeness (QED) is 0.565. The van der Waals surface area contributed by atoms with Crippen LogP contribution in [0.2, 0.25) is 0 Å². The molecule has 34 heavy (non-hydrogen) atoms. The molecule has 4 nitrogen and oxygen atoms in total. The predicted molar refractivity (Wildman–Crippen MR) is 130 cm³/mol. The summed E-state index contributed by atoms with van der Waals surface area (Å²) in [7, 11) is 0. The summed E-state index contributed by atoms with van der Waals surface area (Å²) in [4.78, 5) is 12.2. The van der Waals surface area contributed by atoms with Gasteiger partial charge in [0.25, 0.3) is 0 Å². The van der Waals surface area contributed by atoms with Crippen molar-refractivity contribution >= 4 is 5.78 Å². The second kappa shape index (κ2) is 8.02. The molecule has 0 aromatic heterocycles. The molecule has 1 heterocycles. The molecule has 1 aromatic rings. The molecule has 1 N–H and O–H groups in total. The zero-order valence-electron chi connectivity index (χ0n) is 20.3. The lowest BCUT2D eigenvalue weighted by molar-refractivity contribution is -0.114. The van der Waals surface area contributed by atoms with E-state index in [1.165, 1.54) is 22.3 Å². The Morgan fingerprint density at radius 3 is 2.85 bits per heavy atom. The van der Waals surface area contributed by atoms with Crippen LogP contribution in [0.4, 0.5) is 0 Å². The lowest BCUT2D eigenvalue weighted by Gasteiger charge is -2.53. The number of hydrogen-bond donors (Lipinski definition) is 1. The Morgan fingerprint density at radius 2 is 2.00 bits per heavy atom. The van der Waals surface area contributed by atoms with Crippen LogP contribution in [-0.4, -0.2) is 23.3 Å². The topological polar surface area (TPSA) is 55.8 Å². The molecule has 6 rings (SSSR count). The van der Waals surface area contributed by atoms with Crippen molar-refractivity contribution in [2.45, 2.75) is 83.2 Å². The third-order valence-corrected chi connectivity index (χ3v) is 9.36. The molecule has 0 radical (unpaired) electrons. The van der Waals surface area contributed by atoms with Crippen molar-refractivity contribution in [1.82, 2.24) is 0 Å². The van der Waals surface area contributed by atoms with E-state index in [1.54, 1.807) is 0 Å². The minimum atomic E-state index is -0.948. The van der Waals surface area contributed by atoms with Crippen molar-refractivity contribution in [2.75, 3.05) is 6.79 Å². The molecule has 5 aliphatic rings. The van der Waals surface area contributed by atoms with E-state index in [2.05, 4.69) is 37.8 Å². The first kappa shape index (κ1) is 22.0. The van der Waals surface area contributed by atoms with Gasteiger partial charge >= 0.3 is 0 Å². The fourth-order valence-corrected chi connectivity index (χ4v) is 7.63. The van der Waals surface area contributed by atoms with Gasteiger partial charge in [0, 0.05) is 24.2 Å². The number of ether oxygens (including phenoxy) is 2. The number of fused-ring (bicyclic) bond motifs is 5. The third kappa shape index (κ3) is 3.20. The summed E-state index contributed by atoms with van der Waals surface area (Å²) in [5.74, 6) is 9.55. The first-order valence-corrected chi connectivity index (χ1v) is 13.0. The van der Waals surface area contributed by atoms with Gasteiger partial charge in [-0.2, -0.15) is 0 Å². The molecular weight excluding hydrogens is 424 g/mol. The summed E-state index contributed by atoms with van der Waals surface area (Å²) in [5, 5.41) is 12.0. The Labute approximate surface area is 202 Å². The first-order valence-electron chi connectivity index (χ1n) is 13.0. The average Bonchev–Trinajstić information content (AvgIpc) is 3.40. The van der Waals surface area contributed by atoms with E-state index in [-0.39, 0.29) is 23.9 Å². The fraction of sp³-hybridized carbons (Fsp3) is 0.567. The van der Waals surface area contributed by atoms with Crippen molar-refractivity contribution in [3.63, 3.8) is 0 Å². The molecule has 2 fully saturated rings. The highest BCUT2D eigenvalue weighted by Gasteiger charge is 2.62. The number of unbranched alkanes of at least 4 members (excludes halogenated alkanes) is 1. The standard InChI is InChI=1S/C30H34O4/c1-3-4-5-13-30(32)14-12-25-23-9-6-19-15-21(31)8-10-22(19)28(23)24(17-29(25,30)2)20-7-11-26-27(16-20)34-18-33-26/h7,11,15-16,23-25,32H,3-4,6,8-10,12,14,17-18H2,1-2H3/t23?,24-,25?,29+,30-/m1/s1. The van der Waals surface area contributed by atoms with E-state index in [1.807, 2.05) is 12.1 Å². The number of rotatable bonds is 2. The predicted octanol–water partition coefficient (Wildman–Crippen LogP) is 5.85. The van der Waals surface area contributed by atoms with Crippen LogP contribution in [0.3, 0.4) is 0 Å². The highest BCUT2D eigenvalue weighted by Crippen LogP contribution is 2.66. The lowest BCUT2D eigenvalue weighted by atomic mass is 9.51. The normalized spacial score (nSPS) is 35.7. The highest BCUT2D eigenvalue weighted by molar-refractivity contribution is 5.93. The van der Waals surface area contributed by atoms with Gasteiger partial charge in [-0.15, -0.1) is 5.92 Å². The Balaban J connectivity index is 1.50. The van der Waals surface area contributed by atoms with E-state index in [9.17, 15) is 9.90 Å². The molecule has 4 aliphatic carbocycles. The van der Waals surface area contributed by atoms with Crippen LogP contribution in [0, 0.1) is 29.1 Å². The van der Waals surface area contributed by atoms with E-state index in [0.29, 0.717) is 18.3 Å². The Bertz CT molecular complexity index is 1160. The second-order valence-corrected chi connectivity index (χ2v) is 11.1. The number of allylic oxidation sites excluding steroid dienone is 4. The average molecular weight is 459 g/mol. The highest BCUT2D eigenvalue weighted by atomic mass is 16.7. The summed E-state index contributed by atoms with van der Waals surface area (Å²) in [6.45, 7) is 4.69. The first-order chi connectivity index (χ1) is 16.4. The molecule has 0 spiro atoms. The molecule has 0 amide bonds. The molecule has 2 unspecified atom stereocenters. The van der Waals surface area contributed by atoms with Gasteiger partial charge in [-0.1, -0.05) is 31.4 Å². The number of benzene rings is 1. The minimum Gasteiger partial charge on any atom is -0.454 e. The fourth-order valence-electron chi connectivity index (χ4n) is 7.63. The number of aliphatic hydroxyl groups is 1. The van der Waals surface area contributed by atoms with Crippen LogP contribution in [0.1, 0.15) is 83.1 Å². The van der Waals surface area contributed by atoms with Crippen LogP contribution in [0.15, 0.2) is 41.0 Å². The Hall–Kier alpha value is -2.51. The maximum Gasteiger partial charge on any atom is 0.231 e. The molecule has 178 valence electrons. The minimum absolute atomic E-state index is 0.185. The van der Waals surface area contributed by atoms with Crippen molar-refractivity contribution in [1.29, 1.82) is 0 Å². The van der Waals surface area contributed by atoms with Crippen LogP contribution >= 0.6 is 0 Å². The maximum absolute atomic E-state index is 12.2. The summed E-state index contributed by atoms with van der Waals surface area (Å²) in [5.41, 5.74) is 4.22. The number of hydrogen-bond acceptors (Lipinski definition) is 4. The maximum atomic E-state index is 12.2. The molecular formula is C30H34O4. The SMILES string of the molecule is CCCC#C[C@@]1(O)CCC2C3CCC4=CC(=O)CCC4=C3[C@@H](c3ccc4c(c3)OCO4)C[C@@]21C. The molecule has 0 saturated heterocycles. The van der Waals surface area contributed by atoms with Gasteiger partial charge in [-0.05, 0) is 91.7 Å². The summed E-state index contributed by atoms with van der Waals surface area (Å²) >= 11 is 0. The largest absolute Gasteiger partial charge is 0.454 e. The smallest absolute Gasteiger partial charge is 0.231 e. The molecule has 0 bridgehead atoms. The van der Waals surface area contributed by atoms with Crippen LogP contribution in [-0.2, 0) is 4.79 Å². The van der Waals surface area contributed by atoms with Gasteiger partial charge < -0.3 is 14.6 Å². The number of ketones is 1. The van der Waals surface area contributed by atoms with Crippen molar-refractivity contribution in [3.05, 3.63) is 46.6 Å². The van der Waals surface area contributed by atoms with E-state index in [4.69, 9.17) is 9.47 Å². The van der Waals surface area contributed by atoms with Crippen molar-refractivity contribution < 1.29 is 19.4 Å². The summed E-state index contributed by atoms with van der Waals surface area (Å²) in [6, 6.07) is 6.34. The van der Waals surface area contributed by atoms with Crippen LogP contribution in [0.25, 0.3) is 0 Å². The van der Waals surface area contributed by atoms with Crippen LogP contribution < -0.4 is 9.47 Å². The molecule has 1 aliphatic heterocycles. The molecule has 4 heteroatoms. The van der Waals surface area contributed by atoms with Crippen molar-refractivity contribution in [3.8, 4) is 23.3 Å². The van der Waals surface area contributed by atoms with Gasteiger partial charge in [0.05, 0.1) is 0 Å². The summed E-state index contributed by atoms with van der Waals surface area (Å²) in [6.07, 6.45) is 9.86. The van der Waals surface area contributed by atoms with Gasteiger partial charge in [0.1, 0.15) is 5.60 Å².